The molecule has 2 rings (SSSR count). The molecule has 0 fully saturated rings. The summed E-state index contributed by atoms with van der Waals surface area (Å²) in [5.74, 6) is 0.159. The van der Waals surface area contributed by atoms with Gasteiger partial charge >= 0.3 is 35.7 Å². The molecule has 1 N–H and O–H groups in total. The van der Waals surface area contributed by atoms with Gasteiger partial charge in [-0.1, -0.05) is 24.3 Å². The first-order valence-corrected chi connectivity index (χ1v) is 7.21. The van der Waals surface area contributed by atoms with Crippen molar-refractivity contribution in [1.29, 1.82) is 0 Å². The van der Waals surface area contributed by atoms with Crippen LogP contribution in [0, 0.1) is 0 Å². The molecule has 2 aromatic rings. The molecule has 21 heavy (non-hydrogen) atoms. The Kier molecular flexibility index (Phi) is 6.18. The minimum Gasteiger partial charge on any atom is -1.00 e. The van der Waals surface area contributed by atoms with Crippen LogP contribution in [-0.4, -0.2) is 25.7 Å². The van der Waals surface area contributed by atoms with Crippen molar-refractivity contribution in [1.82, 2.24) is 0 Å². The number of fused-ring (bicyclic) bond motifs is 1. The molecule has 108 valence electrons. The van der Waals surface area contributed by atoms with Gasteiger partial charge in [-0.2, -0.15) is 8.42 Å². The molecule has 0 spiro atoms. The van der Waals surface area contributed by atoms with E-state index >= 15 is 0 Å². The minimum absolute atomic E-state index is 0. The van der Waals surface area contributed by atoms with Gasteiger partial charge in [-0.15, -0.1) is 0 Å². The van der Waals surface area contributed by atoms with Gasteiger partial charge in [0.1, 0.15) is 10.6 Å². The first kappa shape index (κ1) is 17.9. The van der Waals surface area contributed by atoms with Crippen LogP contribution in [0.1, 0.15) is 8.35 Å². The van der Waals surface area contributed by atoms with E-state index in [2.05, 4.69) is 4.74 Å². The predicted octanol–water partition coefficient (Wildman–Crippen LogP) is -0.262. The van der Waals surface area contributed by atoms with E-state index in [-0.39, 0.29) is 53.6 Å². The molecule has 6 nitrogen and oxygen atoms in total. The molecule has 8 heteroatoms. The fraction of sp³-hybridized carbons (Fsp3) is 0.154. The van der Waals surface area contributed by atoms with E-state index in [1.54, 1.807) is 25.1 Å². The summed E-state index contributed by atoms with van der Waals surface area (Å²) in [5, 5.41) is 0.646. The van der Waals surface area contributed by atoms with Gasteiger partial charge in [-0.25, -0.2) is 4.79 Å². The monoisotopic (exact) mass is 320 g/mol. The second-order valence-corrected chi connectivity index (χ2v) is 5.26. The van der Waals surface area contributed by atoms with Gasteiger partial charge in [0.05, 0.1) is 6.61 Å². The summed E-state index contributed by atoms with van der Waals surface area (Å²) in [7, 11) is -4.36. The summed E-state index contributed by atoms with van der Waals surface area (Å²) in [4.78, 5) is 11.1. The zero-order chi connectivity index (χ0) is 14.8. The Morgan fingerprint density at radius 2 is 1.81 bits per heavy atom. The van der Waals surface area contributed by atoms with E-state index in [0.29, 0.717) is 5.39 Å². The van der Waals surface area contributed by atoms with Crippen LogP contribution in [0.2, 0.25) is 0 Å². The molecule has 0 aliphatic heterocycles. The summed E-state index contributed by atoms with van der Waals surface area (Å²) in [6.07, 6.45) is -0.878. The molecule has 0 aromatic heterocycles. The number of carbonyl (C=O) groups is 1. The van der Waals surface area contributed by atoms with Crippen molar-refractivity contribution in [2.75, 3.05) is 6.61 Å². The molecular formula is C13H13NaO6S. The number of rotatable bonds is 3. The Morgan fingerprint density at radius 1 is 1.19 bits per heavy atom. The average Bonchev–Trinajstić information content (AvgIpc) is 2.38. The van der Waals surface area contributed by atoms with Crippen LogP contribution in [-0.2, 0) is 14.9 Å². The molecule has 0 saturated heterocycles. The molecule has 0 radical (unpaired) electrons. The zero-order valence-electron chi connectivity index (χ0n) is 12.6. The molecule has 0 bridgehead atoms. The quantitative estimate of drug-likeness (QED) is 0.363. The van der Waals surface area contributed by atoms with Crippen molar-refractivity contribution >= 4 is 27.0 Å². The maximum Gasteiger partial charge on any atom is 1.00 e. The Hall–Kier alpha value is -1.12. The topological polar surface area (TPSA) is 89.9 Å². The van der Waals surface area contributed by atoms with Crippen molar-refractivity contribution in [3.63, 3.8) is 0 Å². The third kappa shape index (κ3) is 4.18. The van der Waals surface area contributed by atoms with E-state index in [0.717, 1.165) is 0 Å². The zero-order valence-corrected chi connectivity index (χ0v) is 14.4. The van der Waals surface area contributed by atoms with Gasteiger partial charge in [-0.05, 0) is 19.1 Å². The summed E-state index contributed by atoms with van der Waals surface area (Å²) < 4.78 is 41.5. The van der Waals surface area contributed by atoms with Crippen molar-refractivity contribution in [3.05, 3.63) is 36.4 Å². The smallest absolute Gasteiger partial charge is 1.00 e. The van der Waals surface area contributed by atoms with Gasteiger partial charge in [0.2, 0.25) is 0 Å². The summed E-state index contributed by atoms with van der Waals surface area (Å²) in [5.41, 5.74) is 0. The molecule has 0 saturated carbocycles. The van der Waals surface area contributed by atoms with Gasteiger partial charge in [0.15, 0.2) is 0 Å². The molecule has 0 unspecified atom stereocenters. The van der Waals surface area contributed by atoms with Crippen molar-refractivity contribution < 1.29 is 58.2 Å². The second-order valence-electron chi connectivity index (χ2n) is 3.87. The van der Waals surface area contributed by atoms with Gasteiger partial charge < -0.3 is 10.9 Å². The van der Waals surface area contributed by atoms with Crippen LogP contribution >= 0.6 is 0 Å². The number of benzene rings is 2. The van der Waals surface area contributed by atoms with Crippen LogP contribution in [0.25, 0.3) is 10.8 Å². The molecule has 0 aliphatic carbocycles. The van der Waals surface area contributed by atoms with E-state index in [1.165, 1.54) is 18.2 Å². The first-order chi connectivity index (χ1) is 9.43. The van der Waals surface area contributed by atoms with Crippen LogP contribution in [0.15, 0.2) is 41.3 Å². The Morgan fingerprint density at radius 3 is 2.38 bits per heavy atom. The van der Waals surface area contributed by atoms with Crippen molar-refractivity contribution in [3.8, 4) is 5.75 Å². The first-order valence-electron chi connectivity index (χ1n) is 5.77. The third-order valence-corrected chi connectivity index (χ3v) is 3.49. The number of hydrogen-bond donors (Lipinski definition) is 1. The van der Waals surface area contributed by atoms with E-state index in [4.69, 9.17) is 4.74 Å². The summed E-state index contributed by atoms with van der Waals surface area (Å²) >= 11 is 0. The second kappa shape index (κ2) is 7.24. The van der Waals surface area contributed by atoms with E-state index < -0.39 is 16.3 Å². The van der Waals surface area contributed by atoms with E-state index in [1.807, 2.05) is 0 Å². The summed E-state index contributed by atoms with van der Waals surface area (Å²) in [6.45, 7) is 1.81. The maximum absolute atomic E-state index is 11.3. The SMILES string of the molecule is CCOC(=O)Oc1ccc(S(=O)(=O)O)c2ccccc12.[H-].[Na+]. The normalized spacial score (nSPS) is 10.8. The van der Waals surface area contributed by atoms with Gasteiger partial charge in [0.25, 0.3) is 10.1 Å². The molecule has 2 aromatic carbocycles. The van der Waals surface area contributed by atoms with Gasteiger partial charge in [0, 0.05) is 10.8 Å². The van der Waals surface area contributed by atoms with Crippen molar-refractivity contribution in [2.24, 2.45) is 0 Å². The van der Waals surface area contributed by atoms with Gasteiger partial charge in [-0.3, -0.25) is 4.55 Å². The molecule has 0 amide bonds. The van der Waals surface area contributed by atoms with Crippen LogP contribution in [0.3, 0.4) is 0 Å². The Balaban J connectivity index is 0.00000220. The number of carbonyl (C=O) groups excluding carboxylic acids is 1. The molecule has 0 aliphatic rings. The van der Waals surface area contributed by atoms with Crippen LogP contribution in [0.5, 0.6) is 5.75 Å². The number of hydrogen-bond acceptors (Lipinski definition) is 5. The summed E-state index contributed by atoms with van der Waals surface area (Å²) in [6, 6.07) is 8.84. The maximum atomic E-state index is 11.3. The van der Waals surface area contributed by atoms with E-state index in [9.17, 15) is 17.8 Å². The Bertz CT molecular complexity index is 762. The third-order valence-electron chi connectivity index (χ3n) is 2.58. The standard InChI is InChI=1S/C13H12O6S.Na.H/c1-2-18-13(14)19-11-7-8-12(20(15,16)17)10-6-4-3-5-9(10)11;;/h3-8H,2H2,1H3,(H,15,16,17);;/q;+1;-1. The molecule has 0 atom stereocenters. The average molecular weight is 320 g/mol. The number of ether oxygens (including phenoxy) is 2. The Labute approximate surface area is 145 Å². The van der Waals surface area contributed by atoms with Crippen LogP contribution in [0.4, 0.5) is 4.79 Å². The predicted molar refractivity (Wildman–Crippen MR) is 72.5 cm³/mol. The molecular weight excluding hydrogens is 307 g/mol. The van der Waals surface area contributed by atoms with Crippen molar-refractivity contribution in [2.45, 2.75) is 11.8 Å². The minimum atomic E-state index is -4.36. The van der Waals surface area contributed by atoms with Crippen LogP contribution < -0.4 is 34.3 Å². The largest absolute Gasteiger partial charge is 1.00 e. The molecule has 0 heterocycles. The fourth-order valence-corrected chi connectivity index (χ4v) is 2.49. The fourth-order valence-electron chi connectivity index (χ4n) is 1.79.